The Bertz CT molecular complexity index is 835. The summed E-state index contributed by atoms with van der Waals surface area (Å²) in [6.45, 7) is -0.164. The number of benzene rings is 3. The van der Waals surface area contributed by atoms with Crippen molar-refractivity contribution in [2.24, 2.45) is 0 Å². The molecule has 0 radical (unpaired) electrons. The number of hydrogen-bond acceptors (Lipinski definition) is 2. The predicted octanol–water partition coefficient (Wildman–Crippen LogP) is 4.13. The third-order valence-corrected chi connectivity index (χ3v) is 4.19. The van der Waals surface area contributed by atoms with Gasteiger partial charge in [-0.15, -0.1) is 0 Å². The van der Waals surface area contributed by atoms with E-state index in [1.165, 1.54) is 5.56 Å². The highest BCUT2D eigenvalue weighted by molar-refractivity contribution is 5.90. The van der Waals surface area contributed by atoms with Crippen molar-refractivity contribution in [1.29, 1.82) is 0 Å². The van der Waals surface area contributed by atoms with E-state index in [1.807, 2.05) is 72.8 Å². The average molecular weight is 346 g/mol. The molecule has 26 heavy (non-hydrogen) atoms. The fraction of sp³-hybridized carbons (Fsp3) is 0.136. The first-order valence-corrected chi connectivity index (χ1v) is 8.61. The fourth-order valence-corrected chi connectivity index (χ4v) is 2.85. The van der Waals surface area contributed by atoms with Gasteiger partial charge in [0.1, 0.15) is 0 Å². The summed E-state index contributed by atoms with van der Waals surface area (Å²) in [6, 6.07) is 26.5. The molecule has 3 aromatic carbocycles. The van der Waals surface area contributed by atoms with Crippen LogP contribution in [-0.4, -0.2) is 17.7 Å². The van der Waals surface area contributed by atoms with Crippen molar-refractivity contribution >= 4 is 11.7 Å². The van der Waals surface area contributed by atoms with E-state index in [1.54, 1.807) is 0 Å². The Kier molecular flexibility index (Phi) is 6.01. The Morgan fingerprint density at radius 3 is 2.15 bits per heavy atom. The molecule has 3 aromatic rings. The van der Waals surface area contributed by atoms with Crippen LogP contribution in [0.2, 0.25) is 0 Å². The smallest absolute Gasteiger partial charge is 0.319 e. The summed E-state index contributed by atoms with van der Waals surface area (Å²) in [5.41, 5.74) is 3.84. The molecule has 0 fully saturated rings. The number of aliphatic hydroxyl groups excluding tert-OH is 1. The van der Waals surface area contributed by atoms with Crippen LogP contribution in [0.5, 0.6) is 0 Å². The summed E-state index contributed by atoms with van der Waals surface area (Å²) in [5, 5.41) is 15.3. The second-order valence-electron chi connectivity index (χ2n) is 6.06. The van der Waals surface area contributed by atoms with Gasteiger partial charge >= 0.3 is 6.03 Å². The molecule has 3 rings (SSSR count). The predicted molar refractivity (Wildman–Crippen MR) is 104 cm³/mol. The number of carbonyl (C=O) groups is 1. The molecule has 0 aliphatic heterocycles. The molecule has 0 aromatic heterocycles. The molecule has 0 bridgehead atoms. The monoisotopic (exact) mass is 346 g/mol. The van der Waals surface area contributed by atoms with E-state index in [-0.39, 0.29) is 12.6 Å². The second-order valence-corrected chi connectivity index (χ2v) is 6.06. The number of para-hydroxylation sites is 1. The molecule has 2 amide bonds. The minimum absolute atomic E-state index is 0.164. The largest absolute Gasteiger partial charge is 0.394 e. The van der Waals surface area contributed by atoms with E-state index in [0.29, 0.717) is 0 Å². The molecule has 0 aliphatic rings. The van der Waals surface area contributed by atoms with Crippen LogP contribution in [0.3, 0.4) is 0 Å². The molecular weight excluding hydrogens is 324 g/mol. The van der Waals surface area contributed by atoms with Crippen LogP contribution in [0.15, 0.2) is 84.9 Å². The summed E-state index contributed by atoms with van der Waals surface area (Å²) in [4.78, 5) is 12.4. The molecular formula is C22H22N2O2. The summed E-state index contributed by atoms with van der Waals surface area (Å²) in [6.07, 6.45) is 0.736. The highest BCUT2D eigenvalue weighted by atomic mass is 16.3. The molecule has 0 heterocycles. The molecule has 1 atom stereocenters. The SMILES string of the molecule is O=C(Nc1ccccc1Cc1ccccc1)N[C@H](CO)c1ccccc1. The van der Waals surface area contributed by atoms with Crippen LogP contribution in [0.4, 0.5) is 10.5 Å². The maximum Gasteiger partial charge on any atom is 0.319 e. The van der Waals surface area contributed by atoms with Crippen molar-refractivity contribution < 1.29 is 9.90 Å². The van der Waals surface area contributed by atoms with Crippen LogP contribution < -0.4 is 10.6 Å². The van der Waals surface area contributed by atoms with Crippen molar-refractivity contribution in [3.63, 3.8) is 0 Å². The third-order valence-electron chi connectivity index (χ3n) is 4.19. The normalized spacial score (nSPS) is 11.6. The molecule has 132 valence electrons. The van der Waals surface area contributed by atoms with Gasteiger partial charge in [0, 0.05) is 5.69 Å². The van der Waals surface area contributed by atoms with Crippen molar-refractivity contribution in [2.75, 3.05) is 11.9 Å². The molecule has 0 unspecified atom stereocenters. The van der Waals surface area contributed by atoms with E-state index >= 15 is 0 Å². The summed E-state index contributed by atoms with van der Waals surface area (Å²) in [7, 11) is 0. The molecule has 0 spiro atoms. The maximum atomic E-state index is 12.4. The van der Waals surface area contributed by atoms with Crippen LogP contribution >= 0.6 is 0 Å². The molecule has 0 saturated heterocycles. The number of urea groups is 1. The maximum absolute atomic E-state index is 12.4. The van der Waals surface area contributed by atoms with Crippen LogP contribution in [0.1, 0.15) is 22.7 Å². The Hall–Kier alpha value is -3.11. The first-order chi connectivity index (χ1) is 12.8. The van der Waals surface area contributed by atoms with Gasteiger partial charge in [-0.3, -0.25) is 0 Å². The van der Waals surface area contributed by atoms with Gasteiger partial charge in [-0.1, -0.05) is 78.9 Å². The number of rotatable bonds is 6. The highest BCUT2D eigenvalue weighted by Crippen LogP contribution is 2.19. The van der Waals surface area contributed by atoms with Gasteiger partial charge in [0.25, 0.3) is 0 Å². The van der Waals surface area contributed by atoms with Gasteiger partial charge in [-0.25, -0.2) is 4.79 Å². The topological polar surface area (TPSA) is 61.4 Å². The van der Waals surface area contributed by atoms with E-state index in [0.717, 1.165) is 23.2 Å². The van der Waals surface area contributed by atoms with Gasteiger partial charge in [0.05, 0.1) is 12.6 Å². The van der Waals surface area contributed by atoms with E-state index in [9.17, 15) is 9.90 Å². The second kappa shape index (κ2) is 8.83. The fourth-order valence-electron chi connectivity index (χ4n) is 2.85. The minimum atomic E-state index is -0.447. The first kappa shape index (κ1) is 17.7. The molecule has 3 N–H and O–H groups in total. The van der Waals surface area contributed by atoms with Gasteiger partial charge in [-0.05, 0) is 29.2 Å². The number of aliphatic hydroxyl groups is 1. The lowest BCUT2D eigenvalue weighted by molar-refractivity contribution is 0.225. The van der Waals surface area contributed by atoms with Crippen molar-refractivity contribution in [1.82, 2.24) is 5.32 Å². The Balaban J connectivity index is 1.69. The summed E-state index contributed by atoms with van der Waals surface area (Å²) >= 11 is 0. The minimum Gasteiger partial charge on any atom is -0.394 e. The zero-order valence-corrected chi connectivity index (χ0v) is 14.4. The lowest BCUT2D eigenvalue weighted by Gasteiger charge is -2.18. The van der Waals surface area contributed by atoms with E-state index in [4.69, 9.17) is 0 Å². The number of amides is 2. The Morgan fingerprint density at radius 1 is 0.846 bits per heavy atom. The van der Waals surface area contributed by atoms with Gasteiger partial charge in [0.15, 0.2) is 0 Å². The van der Waals surface area contributed by atoms with Crippen molar-refractivity contribution in [2.45, 2.75) is 12.5 Å². The molecule has 4 heteroatoms. The van der Waals surface area contributed by atoms with Crippen LogP contribution in [0, 0.1) is 0 Å². The third kappa shape index (κ3) is 4.71. The summed E-state index contributed by atoms with van der Waals surface area (Å²) < 4.78 is 0. The van der Waals surface area contributed by atoms with Crippen molar-refractivity contribution in [3.8, 4) is 0 Å². The Labute approximate surface area is 153 Å². The van der Waals surface area contributed by atoms with Gasteiger partial charge < -0.3 is 15.7 Å². The highest BCUT2D eigenvalue weighted by Gasteiger charge is 2.14. The first-order valence-electron chi connectivity index (χ1n) is 8.61. The average Bonchev–Trinajstić information content (AvgIpc) is 2.69. The van der Waals surface area contributed by atoms with Gasteiger partial charge in [0.2, 0.25) is 0 Å². The number of carbonyl (C=O) groups excluding carboxylic acids is 1. The van der Waals surface area contributed by atoms with Crippen LogP contribution in [-0.2, 0) is 6.42 Å². The Morgan fingerprint density at radius 2 is 1.46 bits per heavy atom. The summed E-state index contributed by atoms with van der Waals surface area (Å²) in [5.74, 6) is 0. The lowest BCUT2D eigenvalue weighted by atomic mass is 10.0. The molecule has 0 saturated carbocycles. The van der Waals surface area contributed by atoms with Crippen LogP contribution in [0.25, 0.3) is 0 Å². The van der Waals surface area contributed by atoms with E-state index < -0.39 is 6.04 Å². The standard InChI is InChI=1S/C22H22N2O2/c25-16-21(18-11-5-2-6-12-18)24-22(26)23-20-14-8-7-13-19(20)15-17-9-3-1-4-10-17/h1-14,21,25H,15-16H2,(H2,23,24,26)/t21-/m1/s1. The van der Waals surface area contributed by atoms with E-state index in [2.05, 4.69) is 22.8 Å². The van der Waals surface area contributed by atoms with Gasteiger partial charge in [-0.2, -0.15) is 0 Å². The molecule has 4 nitrogen and oxygen atoms in total. The zero-order valence-electron chi connectivity index (χ0n) is 14.4. The number of anilines is 1. The number of nitrogens with one attached hydrogen (secondary N) is 2. The number of hydrogen-bond donors (Lipinski definition) is 3. The molecule has 0 aliphatic carbocycles. The quantitative estimate of drug-likeness (QED) is 0.628. The lowest BCUT2D eigenvalue weighted by Crippen LogP contribution is -2.34. The zero-order chi connectivity index (χ0) is 18.2. The van der Waals surface area contributed by atoms with Crippen molar-refractivity contribution in [3.05, 3.63) is 102 Å².